The maximum absolute atomic E-state index is 12.5. The van der Waals surface area contributed by atoms with Gasteiger partial charge in [-0.25, -0.2) is 0 Å². The molecule has 0 bridgehead atoms. The third-order valence-corrected chi connectivity index (χ3v) is 19.3. The van der Waals surface area contributed by atoms with Crippen LogP contribution in [0.4, 0.5) is 0 Å². The van der Waals surface area contributed by atoms with Gasteiger partial charge >= 0.3 is 0 Å². The molecule has 3 saturated heterocycles. The minimum absolute atomic E-state index is 0.0162. The molecule has 8 fully saturated rings. The molecule has 0 radical (unpaired) electrons. The molecular formula is C47H80O18. The highest BCUT2D eigenvalue weighted by Crippen LogP contribution is 2.89. The molecule has 12 N–H and O–H groups in total. The number of hydrogen-bond donors (Lipinski definition) is 12. The second-order valence-electron chi connectivity index (χ2n) is 23.5. The van der Waals surface area contributed by atoms with Crippen LogP contribution < -0.4 is 0 Å². The van der Waals surface area contributed by atoms with Crippen LogP contribution in [-0.2, 0) is 28.4 Å². The summed E-state index contributed by atoms with van der Waals surface area (Å²) in [7, 11) is 0. The van der Waals surface area contributed by atoms with E-state index in [0.29, 0.717) is 32.1 Å². The first-order valence-corrected chi connectivity index (χ1v) is 24.2. The van der Waals surface area contributed by atoms with E-state index >= 15 is 0 Å². The van der Waals surface area contributed by atoms with Crippen LogP contribution in [0.25, 0.3) is 0 Å². The molecule has 26 atom stereocenters. The number of ether oxygens (including phenoxy) is 6. The van der Waals surface area contributed by atoms with Crippen LogP contribution >= 0.6 is 0 Å². The molecule has 65 heavy (non-hydrogen) atoms. The quantitative estimate of drug-likeness (QED) is 0.109. The minimum Gasteiger partial charge on any atom is -0.394 e. The van der Waals surface area contributed by atoms with Crippen LogP contribution in [0.2, 0.25) is 0 Å². The van der Waals surface area contributed by atoms with Gasteiger partial charge in [0.15, 0.2) is 18.9 Å². The van der Waals surface area contributed by atoms with E-state index in [2.05, 4.69) is 34.6 Å². The molecule has 5 aliphatic carbocycles. The summed E-state index contributed by atoms with van der Waals surface area (Å²) in [6.45, 7) is 14.9. The summed E-state index contributed by atoms with van der Waals surface area (Å²) in [4.78, 5) is 0. The van der Waals surface area contributed by atoms with Gasteiger partial charge in [-0.1, -0.05) is 34.6 Å². The summed E-state index contributed by atoms with van der Waals surface area (Å²) >= 11 is 0. The van der Waals surface area contributed by atoms with Crippen molar-refractivity contribution in [3.8, 4) is 0 Å². The van der Waals surface area contributed by atoms with Gasteiger partial charge in [-0.05, 0) is 129 Å². The lowest BCUT2D eigenvalue weighted by atomic mass is 9.41. The van der Waals surface area contributed by atoms with E-state index in [0.717, 1.165) is 25.7 Å². The first-order chi connectivity index (χ1) is 30.2. The molecule has 0 aromatic heterocycles. The molecule has 376 valence electrons. The first kappa shape index (κ1) is 50.7. The Bertz CT molecular complexity index is 1680. The van der Waals surface area contributed by atoms with Crippen LogP contribution in [-0.4, -0.2) is 191 Å². The second kappa shape index (κ2) is 17.5. The van der Waals surface area contributed by atoms with E-state index in [4.69, 9.17) is 28.4 Å². The van der Waals surface area contributed by atoms with Gasteiger partial charge in [0.05, 0.1) is 49.3 Å². The Morgan fingerprint density at radius 1 is 0.692 bits per heavy atom. The van der Waals surface area contributed by atoms with E-state index in [1.165, 1.54) is 6.92 Å². The molecule has 3 aliphatic heterocycles. The van der Waals surface area contributed by atoms with Crippen LogP contribution in [0.15, 0.2) is 0 Å². The summed E-state index contributed by atoms with van der Waals surface area (Å²) in [6, 6.07) is 0. The van der Waals surface area contributed by atoms with Crippen LogP contribution in [0.1, 0.15) is 113 Å². The van der Waals surface area contributed by atoms with Gasteiger partial charge in [-0.3, -0.25) is 0 Å². The molecule has 0 aromatic rings. The fraction of sp³-hybridized carbons (Fsp3) is 1.00. The standard InChI is InChI=1S/C47H80O18/c1-20(9-10-28(43(5,6)59)64-40-36(58)34(56)32(54)25(17-48)62-40)29-23(50)16-45(8)26-15-22(49)38-42(3,4)27(11-12-47(38)19-46(26,47)14-13-44(29,45)7)63-41-37(31(53)24(51)18-60-41)65-39-35(57)33(55)30(52)21(2)61-39/h20-41,48-59H,9-19H2,1-8H3/t20-,21+,22+,23+,24-,25-,26+,27+,28+,29+,30+,31+,32-,33-,34+,35-,36-,37-,38+,39+,40+,41+,44-,45+,46+,47-/m1/s1. The minimum atomic E-state index is -1.65. The van der Waals surface area contributed by atoms with E-state index in [9.17, 15) is 61.3 Å². The smallest absolute Gasteiger partial charge is 0.187 e. The molecular weight excluding hydrogens is 852 g/mol. The molecule has 2 spiro atoms. The molecule has 0 aromatic carbocycles. The summed E-state index contributed by atoms with van der Waals surface area (Å²) in [5.41, 5.74) is -2.76. The maximum atomic E-state index is 12.5. The lowest BCUT2D eigenvalue weighted by Crippen LogP contribution is -2.64. The monoisotopic (exact) mass is 933 g/mol. The Hall–Kier alpha value is -0.720. The zero-order valence-corrected chi connectivity index (χ0v) is 39.3. The second-order valence-corrected chi connectivity index (χ2v) is 23.5. The highest BCUT2D eigenvalue weighted by atomic mass is 16.8. The summed E-state index contributed by atoms with van der Waals surface area (Å²) in [6.07, 6.45) is -15.8. The maximum Gasteiger partial charge on any atom is 0.187 e. The zero-order chi connectivity index (χ0) is 47.7. The van der Waals surface area contributed by atoms with Crippen molar-refractivity contribution < 1.29 is 89.7 Å². The topological polar surface area (TPSA) is 298 Å². The third kappa shape index (κ3) is 7.91. The van der Waals surface area contributed by atoms with Gasteiger partial charge in [-0.15, -0.1) is 0 Å². The fourth-order valence-corrected chi connectivity index (χ4v) is 15.7. The molecule has 0 unspecified atom stereocenters. The number of rotatable bonds is 12. The third-order valence-electron chi connectivity index (χ3n) is 19.3. The average molecular weight is 933 g/mol. The number of aliphatic hydroxyl groups is 12. The predicted molar refractivity (Wildman–Crippen MR) is 227 cm³/mol. The normalized spacial score (nSPS) is 55.0. The van der Waals surface area contributed by atoms with E-state index in [-0.39, 0.29) is 51.9 Å². The van der Waals surface area contributed by atoms with Crippen LogP contribution in [0, 0.1) is 50.7 Å². The van der Waals surface area contributed by atoms with Crippen molar-refractivity contribution in [2.75, 3.05) is 13.2 Å². The van der Waals surface area contributed by atoms with Gasteiger partial charge in [-0.2, -0.15) is 0 Å². The molecule has 8 rings (SSSR count). The van der Waals surface area contributed by atoms with Crippen molar-refractivity contribution in [3.63, 3.8) is 0 Å². The zero-order valence-electron chi connectivity index (χ0n) is 39.3. The highest BCUT2D eigenvalue weighted by Gasteiger charge is 2.84. The van der Waals surface area contributed by atoms with Gasteiger partial charge in [0, 0.05) is 0 Å². The van der Waals surface area contributed by atoms with E-state index < -0.39 is 128 Å². The van der Waals surface area contributed by atoms with Gasteiger partial charge < -0.3 is 89.7 Å². The van der Waals surface area contributed by atoms with Crippen molar-refractivity contribution in [2.45, 2.75) is 229 Å². The molecule has 0 amide bonds. The molecule has 3 heterocycles. The predicted octanol–water partition coefficient (Wildman–Crippen LogP) is -0.585. The Morgan fingerprint density at radius 3 is 2.02 bits per heavy atom. The number of hydrogen-bond acceptors (Lipinski definition) is 18. The fourth-order valence-electron chi connectivity index (χ4n) is 15.7. The number of fused-ring (bicyclic) bond motifs is 2. The van der Waals surface area contributed by atoms with Crippen LogP contribution in [0.5, 0.6) is 0 Å². The van der Waals surface area contributed by atoms with Crippen LogP contribution in [0.3, 0.4) is 0 Å². The summed E-state index contributed by atoms with van der Waals surface area (Å²) < 4.78 is 36.1. The SMILES string of the molecule is C[C@H](CC[C@H](O[C@@H]1O[C@H](CO)[C@@H](O)[C@H](O)[C@H]1O)C(C)(C)O)[C@H]1[C@@H](O)C[C@@]2(C)[C@@H]3C[C@H](O)[C@H]4C(C)(C)[C@@H](O[C@@H]5OC[C@@H](O)[C@H](O)[C@H]5O[C@@H]5O[C@@H](C)[C@H](O)[C@@H](O)[C@H]5O)CC[C@@]45C[C@@]35CC[C@]12C. The Balaban J connectivity index is 0.963. The van der Waals surface area contributed by atoms with E-state index in [1.54, 1.807) is 13.8 Å². The van der Waals surface area contributed by atoms with Gasteiger partial charge in [0.2, 0.25) is 0 Å². The average Bonchev–Trinajstić information content (AvgIpc) is 3.82. The van der Waals surface area contributed by atoms with Crippen molar-refractivity contribution >= 4 is 0 Å². The summed E-state index contributed by atoms with van der Waals surface area (Å²) in [5, 5.41) is 130. The van der Waals surface area contributed by atoms with E-state index in [1.807, 2.05) is 0 Å². The highest BCUT2D eigenvalue weighted by molar-refractivity contribution is 5.32. The largest absolute Gasteiger partial charge is 0.394 e. The van der Waals surface area contributed by atoms with Crippen molar-refractivity contribution in [1.82, 2.24) is 0 Å². The molecule has 5 saturated carbocycles. The van der Waals surface area contributed by atoms with Crippen molar-refractivity contribution in [3.05, 3.63) is 0 Å². The number of aliphatic hydroxyl groups excluding tert-OH is 11. The Morgan fingerprint density at radius 2 is 1.35 bits per heavy atom. The summed E-state index contributed by atoms with van der Waals surface area (Å²) in [5.74, 6) is -0.104. The van der Waals surface area contributed by atoms with Gasteiger partial charge in [0.25, 0.3) is 0 Å². The lowest BCUT2D eigenvalue weighted by Gasteiger charge is -2.64. The van der Waals surface area contributed by atoms with Crippen molar-refractivity contribution in [2.24, 2.45) is 50.7 Å². The first-order valence-electron chi connectivity index (χ1n) is 24.2. The molecule has 18 nitrogen and oxygen atoms in total. The lowest BCUT2D eigenvalue weighted by molar-refractivity contribution is -0.364. The Kier molecular flexibility index (Phi) is 13.7. The van der Waals surface area contributed by atoms with Gasteiger partial charge in [0.1, 0.15) is 61.0 Å². The van der Waals surface area contributed by atoms with Crippen molar-refractivity contribution in [1.29, 1.82) is 0 Å². The Labute approximate surface area is 382 Å². The molecule has 18 heteroatoms. The molecule has 8 aliphatic rings.